The summed E-state index contributed by atoms with van der Waals surface area (Å²) in [5.41, 5.74) is 0.831. The number of ether oxygens (including phenoxy) is 3. The van der Waals surface area contributed by atoms with Gasteiger partial charge in [0.2, 0.25) is 0 Å². The van der Waals surface area contributed by atoms with Crippen molar-refractivity contribution in [1.29, 1.82) is 0 Å². The molecule has 2 aromatic carbocycles. The van der Waals surface area contributed by atoms with Crippen LogP contribution in [0.1, 0.15) is 73.1 Å². The zero-order valence-electron chi connectivity index (χ0n) is 17.6. The van der Waals surface area contributed by atoms with Crippen LogP contribution in [-0.4, -0.2) is 25.2 Å². The molecule has 0 atom stereocenters. The number of esters is 2. The highest BCUT2D eigenvalue weighted by molar-refractivity contribution is 9.10. The number of rotatable bonds is 12. The van der Waals surface area contributed by atoms with Gasteiger partial charge in [0.25, 0.3) is 0 Å². The van der Waals surface area contributed by atoms with Crippen LogP contribution in [0.2, 0.25) is 0 Å². The van der Waals surface area contributed by atoms with Gasteiger partial charge in [-0.15, -0.1) is 0 Å². The zero-order chi connectivity index (χ0) is 21.8. The maximum absolute atomic E-state index is 12.4. The highest BCUT2D eigenvalue weighted by Gasteiger charge is 2.13. The van der Waals surface area contributed by atoms with E-state index in [9.17, 15) is 9.59 Å². The van der Waals surface area contributed by atoms with Gasteiger partial charge >= 0.3 is 11.9 Å². The van der Waals surface area contributed by atoms with E-state index < -0.39 is 5.97 Å². The van der Waals surface area contributed by atoms with Crippen LogP contribution in [0.5, 0.6) is 11.5 Å². The standard InChI is InChI=1S/C24H29BrO5/c1-3-5-7-8-16-28-22-14-11-19(17-21(22)25)24(27)30-20-12-9-18(10-13-20)23(26)29-15-6-4-2/h9-14,17H,3-8,15-16H2,1-2H3. The molecule has 162 valence electrons. The van der Waals surface area contributed by atoms with Gasteiger partial charge in [0, 0.05) is 0 Å². The molecule has 5 nitrogen and oxygen atoms in total. The summed E-state index contributed by atoms with van der Waals surface area (Å²) in [6, 6.07) is 11.5. The lowest BCUT2D eigenvalue weighted by Crippen LogP contribution is -2.10. The van der Waals surface area contributed by atoms with Crippen LogP contribution in [0.15, 0.2) is 46.9 Å². The monoisotopic (exact) mass is 476 g/mol. The van der Waals surface area contributed by atoms with Crippen molar-refractivity contribution >= 4 is 27.9 Å². The van der Waals surface area contributed by atoms with Crippen LogP contribution in [0.25, 0.3) is 0 Å². The zero-order valence-corrected chi connectivity index (χ0v) is 19.2. The lowest BCUT2D eigenvalue weighted by Gasteiger charge is -2.10. The molecule has 0 aromatic heterocycles. The number of carbonyl (C=O) groups is 2. The summed E-state index contributed by atoms with van der Waals surface area (Å²) >= 11 is 3.45. The molecule has 0 unspecified atom stereocenters. The van der Waals surface area contributed by atoms with Gasteiger partial charge in [-0.3, -0.25) is 0 Å². The van der Waals surface area contributed by atoms with E-state index in [-0.39, 0.29) is 5.97 Å². The molecule has 0 spiro atoms. The van der Waals surface area contributed by atoms with Crippen molar-refractivity contribution in [3.63, 3.8) is 0 Å². The summed E-state index contributed by atoms with van der Waals surface area (Å²) in [6.45, 7) is 5.26. The highest BCUT2D eigenvalue weighted by Crippen LogP contribution is 2.27. The number of hydrogen-bond acceptors (Lipinski definition) is 5. The highest BCUT2D eigenvalue weighted by atomic mass is 79.9. The van der Waals surface area contributed by atoms with Crippen molar-refractivity contribution < 1.29 is 23.8 Å². The summed E-state index contributed by atoms with van der Waals surface area (Å²) in [5, 5.41) is 0. The molecular formula is C24H29BrO5. The first-order chi connectivity index (χ1) is 14.5. The Labute approximate surface area is 186 Å². The Kier molecular flexibility index (Phi) is 10.4. The summed E-state index contributed by atoms with van der Waals surface area (Å²) in [4.78, 5) is 24.4. The van der Waals surface area contributed by atoms with Gasteiger partial charge in [-0.25, -0.2) is 9.59 Å². The first-order valence-electron chi connectivity index (χ1n) is 10.5. The van der Waals surface area contributed by atoms with Crippen LogP contribution in [-0.2, 0) is 4.74 Å². The average Bonchev–Trinajstić information content (AvgIpc) is 2.75. The maximum atomic E-state index is 12.4. The summed E-state index contributed by atoms with van der Waals surface area (Å²) in [7, 11) is 0. The molecule has 0 heterocycles. The topological polar surface area (TPSA) is 61.8 Å². The van der Waals surface area contributed by atoms with Crippen molar-refractivity contribution in [1.82, 2.24) is 0 Å². The van der Waals surface area contributed by atoms with Crippen LogP contribution >= 0.6 is 15.9 Å². The molecule has 0 bridgehead atoms. The maximum Gasteiger partial charge on any atom is 0.343 e. The molecule has 6 heteroatoms. The number of unbranched alkanes of at least 4 members (excludes halogenated alkanes) is 4. The smallest absolute Gasteiger partial charge is 0.343 e. The molecule has 0 saturated carbocycles. The van der Waals surface area contributed by atoms with Gasteiger partial charge in [0.15, 0.2) is 0 Å². The van der Waals surface area contributed by atoms with Crippen molar-refractivity contribution in [2.45, 2.75) is 52.4 Å². The lowest BCUT2D eigenvalue weighted by molar-refractivity contribution is 0.0499. The van der Waals surface area contributed by atoms with Crippen LogP contribution in [0, 0.1) is 0 Å². The predicted molar refractivity (Wildman–Crippen MR) is 120 cm³/mol. The Morgan fingerprint density at radius 2 is 1.50 bits per heavy atom. The quantitative estimate of drug-likeness (QED) is 0.196. The number of benzene rings is 2. The van der Waals surface area contributed by atoms with E-state index in [1.54, 1.807) is 42.5 Å². The van der Waals surface area contributed by atoms with E-state index in [1.807, 2.05) is 6.92 Å². The summed E-state index contributed by atoms with van der Waals surface area (Å²) < 4.78 is 17.0. The van der Waals surface area contributed by atoms with Gasteiger partial charge in [-0.2, -0.15) is 0 Å². The Morgan fingerprint density at radius 3 is 2.17 bits per heavy atom. The third-order valence-corrected chi connectivity index (χ3v) is 5.07. The van der Waals surface area contributed by atoms with Gasteiger partial charge < -0.3 is 14.2 Å². The van der Waals surface area contributed by atoms with E-state index in [2.05, 4.69) is 22.9 Å². The second-order valence-electron chi connectivity index (χ2n) is 6.96. The van der Waals surface area contributed by atoms with Gasteiger partial charge in [-0.05, 0) is 71.2 Å². The first kappa shape index (κ1) is 23.9. The van der Waals surface area contributed by atoms with Gasteiger partial charge in [0.05, 0.1) is 28.8 Å². The number of hydrogen-bond donors (Lipinski definition) is 0. The fourth-order valence-electron chi connectivity index (χ4n) is 2.67. The third kappa shape index (κ3) is 7.82. The first-order valence-corrected chi connectivity index (χ1v) is 11.3. The minimum absolute atomic E-state index is 0.359. The normalized spacial score (nSPS) is 10.5. The van der Waals surface area contributed by atoms with Crippen LogP contribution < -0.4 is 9.47 Å². The summed E-state index contributed by atoms with van der Waals surface area (Å²) in [5.74, 6) is 0.200. The summed E-state index contributed by atoms with van der Waals surface area (Å²) in [6.07, 6.45) is 6.34. The molecule has 2 aromatic rings. The van der Waals surface area contributed by atoms with E-state index in [1.165, 1.54) is 12.8 Å². The predicted octanol–water partition coefficient (Wildman–Crippen LogP) is 6.58. The minimum Gasteiger partial charge on any atom is -0.492 e. The minimum atomic E-state index is -0.483. The Morgan fingerprint density at radius 1 is 0.800 bits per heavy atom. The molecule has 30 heavy (non-hydrogen) atoms. The van der Waals surface area contributed by atoms with Crippen molar-refractivity contribution in [3.8, 4) is 11.5 Å². The van der Waals surface area contributed by atoms with Crippen molar-refractivity contribution in [2.75, 3.05) is 13.2 Å². The van der Waals surface area contributed by atoms with E-state index in [4.69, 9.17) is 14.2 Å². The third-order valence-electron chi connectivity index (χ3n) is 4.45. The van der Waals surface area contributed by atoms with E-state index >= 15 is 0 Å². The lowest BCUT2D eigenvalue weighted by atomic mass is 10.2. The molecule has 0 aliphatic carbocycles. The second kappa shape index (κ2) is 13.1. The van der Waals surface area contributed by atoms with E-state index in [0.717, 1.165) is 25.7 Å². The fraction of sp³-hybridized carbons (Fsp3) is 0.417. The molecule has 0 aliphatic heterocycles. The number of carbonyl (C=O) groups excluding carboxylic acids is 2. The molecular weight excluding hydrogens is 448 g/mol. The fourth-order valence-corrected chi connectivity index (χ4v) is 3.17. The van der Waals surface area contributed by atoms with Crippen LogP contribution in [0.3, 0.4) is 0 Å². The Bertz CT molecular complexity index is 817. The molecule has 0 fully saturated rings. The molecule has 2 rings (SSSR count). The Balaban J connectivity index is 1.89. The average molecular weight is 477 g/mol. The molecule has 0 N–H and O–H groups in total. The SMILES string of the molecule is CCCCCCOc1ccc(C(=O)Oc2ccc(C(=O)OCCCC)cc2)cc1Br. The number of halogens is 1. The molecule has 0 aliphatic rings. The molecule has 0 radical (unpaired) electrons. The molecule has 0 saturated heterocycles. The van der Waals surface area contributed by atoms with Gasteiger partial charge in [-0.1, -0.05) is 39.5 Å². The van der Waals surface area contributed by atoms with E-state index in [0.29, 0.717) is 40.3 Å². The Hall–Kier alpha value is -2.34. The van der Waals surface area contributed by atoms with Crippen molar-refractivity contribution in [2.24, 2.45) is 0 Å². The largest absolute Gasteiger partial charge is 0.492 e. The van der Waals surface area contributed by atoms with Crippen LogP contribution in [0.4, 0.5) is 0 Å². The second-order valence-corrected chi connectivity index (χ2v) is 7.81. The van der Waals surface area contributed by atoms with Gasteiger partial charge in [0.1, 0.15) is 11.5 Å². The molecule has 0 amide bonds. The van der Waals surface area contributed by atoms with Crippen molar-refractivity contribution in [3.05, 3.63) is 58.1 Å².